The molecule has 7 nitrogen and oxygen atoms in total. The van der Waals surface area contributed by atoms with E-state index in [1.54, 1.807) is 12.1 Å². The highest BCUT2D eigenvalue weighted by molar-refractivity contribution is 6.41. The molecule has 0 aliphatic carbocycles. The zero-order valence-electron chi connectivity index (χ0n) is 15.4. The summed E-state index contributed by atoms with van der Waals surface area (Å²) in [4.78, 5) is 18.2. The second-order valence-corrected chi connectivity index (χ2v) is 8.64. The molecule has 150 valence electrons. The van der Waals surface area contributed by atoms with Crippen molar-refractivity contribution in [3.05, 3.63) is 27.2 Å². The Morgan fingerprint density at radius 1 is 1.00 bits per heavy atom. The summed E-state index contributed by atoms with van der Waals surface area (Å²) in [7, 11) is 0. The molecule has 27 heavy (non-hydrogen) atoms. The Morgan fingerprint density at radius 3 is 1.78 bits per heavy atom. The first kappa shape index (κ1) is 23.5. The number of hydrogen-bond acceptors (Lipinski definition) is 5. The van der Waals surface area contributed by atoms with Crippen molar-refractivity contribution in [3.8, 4) is 0 Å². The fourth-order valence-corrected chi connectivity index (χ4v) is 3.85. The average molecular weight is 439 g/mol. The molecular weight excluding hydrogens is 417 g/mol. The SMILES string of the molecule is CC1(C)CC(=NNc2c(Cl)cc(Cl)cc2Cl)CC(C)(C)N1.O=C(O)C(=O)O. The molecule has 4 N–H and O–H groups in total. The number of rotatable bonds is 2. The molecule has 1 aromatic carbocycles. The highest BCUT2D eigenvalue weighted by Gasteiger charge is 2.35. The fourth-order valence-electron chi connectivity index (χ4n) is 2.95. The van der Waals surface area contributed by atoms with Crippen LogP contribution in [0.25, 0.3) is 0 Å². The lowest BCUT2D eigenvalue weighted by Gasteiger charge is -2.43. The van der Waals surface area contributed by atoms with Gasteiger partial charge in [-0.3, -0.25) is 5.43 Å². The number of nitrogens with one attached hydrogen (secondary N) is 2. The average Bonchev–Trinajstić information content (AvgIpc) is 2.43. The number of nitrogens with zero attached hydrogens (tertiary/aromatic N) is 1. The molecule has 0 atom stereocenters. The molecule has 0 radical (unpaired) electrons. The van der Waals surface area contributed by atoms with Crippen LogP contribution in [0.5, 0.6) is 0 Å². The Bertz CT molecular complexity index is 711. The number of hydrazone groups is 1. The lowest BCUT2D eigenvalue weighted by Crippen LogP contribution is -2.58. The van der Waals surface area contributed by atoms with E-state index in [9.17, 15) is 0 Å². The summed E-state index contributed by atoms with van der Waals surface area (Å²) in [5.74, 6) is -3.65. The first-order valence-corrected chi connectivity index (χ1v) is 9.07. The zero-order valence-corrected chi connectivity index (χ0v) is 17.6. The van der Waals surface area contributed by atoms with E-state index < -0.39 is 11.9 Å². The van der Waals surface area contributed by atoms with E-state index in [2.05, 4.69) is 43.5 Å². The molecule has 10 heteroatoms. The Labute approximate surface area is 172 Å². The van der Waals surface area contributed by atoms with E-state index >= 15 is 0 Å². The standard InChI is InChI=1S/C15H20Cl3N3.C2H2O4/c1-14(2)7-10(8-15(3,4)21-14)19-20-13-11(17)5-9(16)6-12(13)18;3-1(4)2(5)6/h5-6,20-21H,7-8H2,1-4H3;(H,3,4)(H,5,6). The zero-order chi connectivity index (χ0) is 21.0. The summed E-state index contributed by atoms with van der Waals surface area (Å²) in [5.41, 5.74) is 4.69. The number of carboxylic acids is 2. The number of carbonyl (C=O) groups is 2. The summed E-state index contributed by atoms with van der Waals surface area (Å²) in [6.07, 6.45) is 1.73. The van der Waals surface area contributed by atoms with Gasteiger partial charge in [-0.25, -0.2) is 9.59 Å². The van der Waals surface area contributed by atoms with E-state index in [1.807, 2.05) is 0 Å². The van der Waals surface area contributed by atoms with Crippen molar-refractivity contribution >= 4 is 58.1 Å². The van der Waals surface area contributed by atoms with Crippen LogP contribution in [0.1, 0.15) is 40.5 Å². The van der Waals surface area contributed by atoms with E-state index in [0.717, 1.165) is 18.6 Å². The molecule has 2 rings (SSSR count). The number of aliphatic carboxylic acids is 2. The normalized spacial score (nSPS) is 17.4. The van der Waals surface area contributed by atoms with Gasteiger partial charge in [0.1, 0.15) is 0 Å². The van der Waals surface area contributed by atoms with Crippen molar-refractivity contribution in [1.29, 1.82) is 0 Å². The van der Waals surface area contributed by atoms with E-state index in [0.29, 0.717) is 20.8 Å². The Hall–Kier alpha value is -1.54. The number of piperidine rings is 1. The number of halogens is 3. The van der Waals surface area contributed by atoms with Gasteiger partial charge in [-0.2, -0.15) is 5.10 Å². The topological polar surface area (TPSA) is 111 Å². The molecule has 0 bridgehead atoms. The Kier molecular flexibility index (Phi) is 7.92. The van der Waals surface area contributed by atoms with Gasteiger partial charge < -0.3 is 15.5 Å². The second-order valence-electron chi connectivity index (χ2n) is 7.39. The molecule has 0 saturated carbocycles. The van der Waals surface area contributed by atoms with Crippen molar-refractivity contribution in [2.45, 2.75) is 51.6 Å². The van der Waals surface area contributed by atoms with Crippen LogP contribution >= 0.6 is 34.8 Å². The van der Waals surface area contributed by atoms with Crippen LogP contribution in [-0.2, 0) is 9.59 Å². The van der Waals surface area contributed by atoms with E-state index in [1.165, 1.54) is 0 Å². The van der Waals surface area contributed by atoms with Gasteiger partial charge in [0.15, 0.2) is 0 Å². The predicted octanol–water partition coefficient (Wildman–Crippen LogP) is 4.51. The first-order valence-electron chi connectivity index (χ1n) is 7.94. The summed E-state index contributed by atoms with van der Waals surface area (Å²) in [5, 5.41) is 24.3. The molecule has 1 aliphatic rings. The van der Waals surface area contributed by atoms with Gasteiger partial charge >= 0.3 is 11.9 Å². The monoisotopic (exact) mass is 437 g/mol. The van der Waals surface area contributed by atoms with Gasteiger partial charge in [0.2, 0.25) is 0 Å². The second kappa shape index (κ2) is 9.10. The molecular formula is C17H22Cl3N3O4. The summed E-state index contributed by atoms with van der Waals surface area (Å²) in [6.45, 7) is 8.69. The van der Waals surface area contributed by atoms with Crippen LogP contribution < -0.4 is 10.7 Å². The molecule has 0 amide bonds. The first-order chi connectivity index (χ1) is 12.2. The molecule has 0 spiro atoms. The third-order valence-corrected chi connectivity index (χ3v) is 4.30. The van der Waals surface area contributed by atoms with Crippen LogP contribution in [0.2, 0.25) is 15.1 Å². The predicted molar refractivity (Wildman–Crippen MR) is 108 cm³/mol. The van der Waals surface area contributed by atoms with Gasteiger partial charge in [0.25, 0.3) is 0 Å². The molecule has 1 heterocycles. The van der Waals surface area contributed by atoms with Gasteiger partial charge in [-0.15, -0.1) is 0 Å². The summed E-state index contributed by atoms with van der Waals surface area (Å²) in [6, 6.07) is 3.29. The van der Waals surface area contributed by atoms with Crippen LogP contribution in [-0.4, -0.2) is 38.9 Å². The fraction of sp³-hybridized carbons (Fsp3) is 0.471. The minimum Gasteiger partial charge on any atom is -0.473 e. The van der Waals surface area contributed by atoms with Gasteiger partial charge in [0, 0.05) is 34.7 Å². The largest absolute Gasteiger partial charge is 0.473 e. The molecule has 1 fully saturated rings. The van der Waals surface area contributed by atoms with Crippen LogP contribution in [0.4, 0.5) is 5.69 Å². The van der Waals surface area contributed by atoms with Crippen LogP contribution in [0.15, 0.2) is 17.2 Å². The minimum atomic E-state index is -1.82. The van der Waals surface area contributed by atoms with Crippen LogP contribution in [0.3, 0.4) is 0 Å². The molecule has 1 aliphatic heterocycles. The van der Waals surface area contributed by atoms with Gasteiger partial charge in [-0.05, 0) is 39.8 Å². The maximum absolute atomic E-state index is 9.10. The minimum absolute atomic E-state index is 0.00977. The Balaban J connectivity index is 0.000000527. The molecule has 0 aromatic heterocycles. The maximum atomic E-state index is 9.10. The Morgan fingerprint density at radius 2 is 1.41 bits per heavy atom. The number of hydrogen-bond donors (Lipinski definition) is 4. The van der Waals surface area contributed by atoms with Crippen LogP contribution in [0, 0.1) is 0 Å². The van der Waals surface area contributed by atoms with E-state index in [-0.39, 0.29) is 11.1 Å². The summed E-state index contributed by atoms with van der Waals surface area (Å²) >= 11 is 18.2. The highest BCUT2D eigenvalue weighted by atomic mass is 35.5. The smallest absolute Gasteiger partial charge is 0.414 e. The molecule has 1 aromatic rings. The molecule has 1 saturated heterocycles. The van der Waals surface area contributed by atoms with Crippen molar-refractivity contribution in [1.82, 2.24) is 5.32 Å². The van der Waals surface area contributed by atoms with Crippen molar-refractivity contribution in [2.24, 2.45) is 5.10 Å². The van der Waals surface area contributed by atoms with Crippen molar-refractivity contribution < 1.29 is 19.8 Å². The van der Waals surface area contributed by atoms with Crippen molar-refractivity contribution in [3.63, 3.8) is 0 Å². The van der Waals surface area contributed by atoms with Gasteiger partial charge in [-0.1, -0.05) is 34.8 Å². The van der Waals surface area contributed by atoms with Crippen molar-refractivity contribution in [2.75, 3.05) is 5.43 Å². The molecule has 0 unspecified atom stereocenters. The number of benzene rings is 1. The lowest BCUT2D eigenvalue weighted by molar-refractivity contribution is -0.159. The number of carboxylic acid groups (broad SMARTS) is 2. The lowest BCUT2D eigenvalue weighted by atomic mass is 9.81. The maximum Gasteiger partial charge on any atom is 0.414 e. The van der Waals surface area contributed by atoms with E-state index in [4.69, 9.17) is 54.6 Å². The third-order valence-electron chi connectivity index (χ3n) is 3.48. The third kappa shape index (κ3) is 7.92. The quantitative estimate of drug-likeness (QED) is 0.399. The number of anilines is 1. The highest BCUT2D eigenvalue weighted by Crippen LogP contribution is 2.34. The van der Waals surface area contributed by atoms with Gasteiger partial charge in [0.05, 0.1) is 15.7 Å². The summed E-state index contributed by atoms with van der Waals surface area (Å²) < 4.78 is 0.